The summed E-state index contributed by atoms with van der Waals surface area (Å²) >= 11 is 0. The first kappa shape index (κ1) is 39.8. The highest BCUT2D eigenvalue weighted by atomic mass is 16.6. The zero-order valence-electron chi connectivity index (χ0n) is 30.6. The quantitative estimate of drug-likeness (QED) is 0.0530. The zero-order valence-corrected chi connectivity index (χ0v) is 30.6. The van der Waals surface area contributed by atoms with Gasteiger partial charge < -0.3 is 28.4 Å². The van der Waals surface area contributed by atoms with Gasteiger partial charge in [-0.1, -0.05) is 74.3 Å². The summed E-state index contributed by atoms with van der Waals surface area (Å²) in [4.78, 5) is 36.1. The van der Waals surface area contributed by atoms with Gasteiger partial charge in [0.25, 0.3) is 0 Å². The van der Waals surface area contributed by atoms with Crippen LogP contribution in [0.4, 0.5) is 0 Å². The van der Waals surface area contributed by atoms with E-state index < -0.39 is 11.9 Å². The van der Waals surface area contributed by atoms with E-state index in [2.05, 4.69) is 62.2 Å². The fourth-order valence-electron chi connectivity index (χ4n) is 6.09. The Morgan fingerprint density at radius 1 is 0.673 bits per heavy atom. The van der Waals surface area contributed by atoms with Gasteiger partial charge in [-0.05, 0) is 96.9 Å². The van der Waals surface area contributed by atoms with Crippen LogP contribution < -0.4 is 4.74 Å². The van der Waals surface area contributed by atoms with Crippen molar-refractivity contribution in [2.24, 2.45) is 0 Å². The Hall–Kier alpha value is -4.99. The van der Waals surface area contributed by atoms with Gasteiger partial charge in [-0.25, -0.2) is 14.4 Å². The first-order valence-corrected chi connectivity index (χ1v) is 17.6. The van der Waals surface area contributed by atoms with Crippen molar-refractivity contribution in [3.63, 3.8) is 0 Å². The molecule has 3 aromatic carbocycles. The topological polar surface area (TPSA) is 107 Å². The first-order chi connectivity index (χ1) is 25.1. The van der Waals surface area contributed by atoms with Crippen molar-refractivity contribution >= 4 is 17.9 Å². The molecule has 0 unspecified atom stereocenters. The molecule has 276 valence electrons. The standard InChI is InChI=1S/C43H50O9/c1-29(2)41(44)52-38-20-15-35(16-21-38)40-26-36(33-11-9-32(10-12-33)8-7-23-50-42(45)30(3)27-47-5)17-22-39(40)34-13-18-37(19-14-34)49-24-25-51-43(46)31(4)28-48-6/h9-14,17-19,22,26,35,38H,1,3-4,7-8,15-16,20-21,23-25,27-28H2,2,5-6H3. The molecule has 52 heavy (non-hydrogen) atoms. The second-order valence-electron chi connectivity index (χ2n) is 13.0. The molecule has 0 saturated heterocycles. The molecule has 9 heteroatoms. The van der Waals surface area contributed by atoms with Crippen LogP contribution in [-0.4, -0.2) is 71.3 Å². The van der Waals surface area contributed by atoms with Crippen LogP contribution in [-0.2, 0) is 44.5 Å². The molecule has 0 radical (unpaired) electrons. The molecule has 1 aliphatic rings. The lowest BCUT2D eigenvalue weighted by Crippen LogP contribution is -2.24. The number of carbonyl (C=O) groups is 3. The van der Waals surface area contributed by atoms with E-state index in [-0.39, 0.29) is 50.0 Å². The summed E-state index contributed by atoms with van der Waals surface area (Å²) < 4.78 is 31.9. The monoisotopic (exact) mass is 710 g/mol. The lowest BCUT2D eigenvalue weighted by molar-refractivity contribution is -0.146. The molecule has 1 fully saturated rings. The maximum atomic E-state index is 12.2. The molecule has 9 nitrogen and oxygen atoms in total. The Morgan fingerprint density at radius 2 is 1.25 bits per heavy atom. The third-order valence-electron chi connectivity index (χ3n) is 8.88. The van der Waals surface area contributed by atoms with Crippen molar-refractivity contribution < 1.29 is 42.8 Å². The summed E-state index contributed by atoms with van der Waals surface area (Å²) in [5, 5.41) is 0. The Bertz CT molecular complexity index is 1700. The van der Waals surface area contributed by atoms with Crippen molar-refractivity contribution in [2.45, 2.75) is 57.5 Å². The minimum Gasteiger partial charge on any atom is -0.490 e. The summed E-state index contributed by atoms with van der Waals surface area (Å²) in [5.41, 5.74) is 7.82. The molecule has 1 aliphatic carbocycles. The number of rotatable bonds is 19. The van der Waals surface area contributed by atoms with E-state index in [0.717, 1.165) is 59.9 Å². The van der Waals surface area contributed by atoms with Crippen molar-refractivity contribution in [1.29, 1.82) is 0 Å². The van der Waals surface area contributed by atoms with E-state index in [0.29, 0.717) is 29.9 Å². The molecule has 0 heterocycles. The van der Waals surface area contributed by atoms with Crippen LogP contribution in [0.25, 0.3) is 22.3 Å². The zero-order chi connectivity index (χ0) is 37.5. The smallest absolute Gasteiger partial charge is 0.335 e. The molecule has 0 atom stereocenters. The number of methoxy groups -OCH3 is 2. The maximum Gasteiger partial charge on any atom is 0.335 e. The van der Waals surface area contributed by atoms with Gasteiger partial charge in [-0.2, -0.15) is 0 Å². The van der Waals surface area contributed by atoms with Gasteiger partial charge in [0, 0.05) is 19.8 Å². The summed E-state index contributed by atoms with van der Waals surface area (Å²) in [7, 11) is 3.01. The fourth-order valence-corrected chi connectivity index (χ4v) is 6.09. The molecule has 0 amide bonds. The molecular weight excluding hydrogens is 660 g/mol. The lowest BCUT2D eigenvalue weighted by Gasteiger charge is -2.30. The summed E-state index contributed by atoms with van der Waals surface area (Å²) in [5.74, 6) is -0.307. The molecule has 0 bridgehead atoms. The first-order valence-electron chi connectivity index (χ1n) is 17.6. The van der Waals surface area contributed by atoms with Crippen molar-refractivity contribution in [3.8, 4) is 28.0 Å². The molecule has 0 N–H and O–H groups in total. The maximum absolute atomic E-state index is 12.2. The Labute approximate surface area is 307 Å². The van der Waals surface area contributed by atoms with E-state index in [1.807, 2.05) is 24.3 Å². The largest absolute Gasteiger partial charge is 0.490 e. The van der Waals surface area contributed by atoms with Gasteiger partial charge in [0.05, 0.1) is 31.0 Å². The average Bonchev–Trinajstić information content (AvgIpc) is 3.15. The van der Waals surface area contributed by atoms with Gasteiger partial charge in [0.15, 0.2) is 0 Å². The molecule has 3 aromatic rings. The fraction of sp³-hybridized carbons (Fsp3) is 0.372. The highest BCUT2D eigenvalue weighted by Crippen LogP contribution is 2.41. The van der Waals surface area contributed by atoms with Crippen molar-refractivity contribution in [2.75, 3.05) is 47.3 Å². The lowest BCUT2D eigenvalue weighted by atomic mass is 9.79. The van der Waals surface area contributed by atoms with Gasteiger partial charge in [-0.15, -0.1) is 0 Å². The number of carbonyl (C=O) groups excluding carboxylic acids is 3. The van der Waals surface area contributed by atoms with Gasteiger partial charge in [0.1, 0.15) is 25.1 Å². The number of hydrogen-bond donors (Lipinski definition) is 0. The van der Waals surface area contributed by atoms with Crippen LogP contribution >= 0.6 is 0 Å². The van der Waals surface area contributed by atoms with Crippen molar-refractivity contribution in [3.05, 3.63) is 114 Å². The number of benzene rings is 3. The van der Waals surface area contributed by atoms with E-state index in [9.17, 15) is 14.4 Å². The number of hydrogen-bond acceptors (Lipinski definition) is 9. The third kappa shape index (κ3) is 11.8. The van der Waals surface area contributed by atoms with Crippen LogP contribution in [0.1, 0.15) is 56.1 Å². The van der Waals surface area contributed by atoms with Gasteiger partial charge in [-0.3, -0.25) is 0 Å². The Morgan fingerprint density at radius 3 is 1.85 bits per heavy atom. The molecule has 0 aliphatic heterocycles. The van der Waals surface area contributed by atoms with E-state index >= 15 is 0 Å². The normalized spacial score (nSPS) is 15.3. The van der Waals surface area contributed by atoms with Crippen LogP contribution in [0.15, 0.2) is 103 Å². The highest BCUT2D eigenvalue weighted by Gasteiger charge is 2.27. The number of ether oxygens (including phenoxy) is 6. The third-order valence-corrected chi connectivity index (χ3v) is 8.88. The summed E-state index contributed by atoms with van der Waals surface area (Å²) in [6.45, 7) is 13.6. The number of esters is 3. The van der Waals surface area contributed by atoms with Crippen LogP contribution in [0.3, 0.4) is 0 Å². The molecular formula is C43H50O9. The SMILES string of the molecule is C=C(C)C(=O)OC1CCC(c2cc(-c3ccc(CCCOC(=O)C(=C)COC)cc3)ccc2-c2ccc(OCCOC(=O)C(=C)COC)cc2)CC1. The minimum absolute atomic E-state index is 0.0987. The second-order valence-corrected chi connectivity index (χ2v) is 13.0. The molecule has 1 saturated carbocycles. The molecule has 0 aromatic heterocycles. The van der Waals surface area contributed by atoms with Crippen LogP contribution in [0.2, 0.25) is 0 Å². The van der Waals surface area contributed by atoms with Crippen molar-refractivity contribution in [1.82, 2.24) is 0 Å². The second kappa shape index (κ2) is 20.2. The summed E-state index contributed by atoms with van der Waals surface area (Å²) in [6.07, 6.45) is 4.73. The molecule has 0 spiro atoms. The Balaban J connectivity index is 1.45. The van der Waals surface area contributed by atoms with E-state index in [1.54, 1.807) is 6.92 Å². The van der Waals surface area contributed by atoms with E-state index in [4.69, 9.17) is 28.4 Å². The van der Waals surface area contributed by atoms with Crippen LogP contribution in [0.5, 0.6) is 5.75 Å². The van der Waals surface area contributed by atoms with E-state index in [1.165, 1.54) is 19.8 Å². The Kier molecular flexibility index (Phi) is 15.4. The predicted molar refractivity (Wildman–Crippen MR) is 201 cm³/mol. The summed E-state index contributed by atoms with van der Waals surface area (Å²) in [6, 6.07) is 23.0. The minimum atomic E-state index is -0.503. The van der Waals surface area contributed by atoms with Crippen LogP contribution in [0, 0.1) is 0 Å². The average molecular weight is 711 g/mol. The highest BCUT2D eigenvalue weighted by molar-refractivity contribution is 5.88. The van der Waals surface area contributed by atoms with Gasteiger partial charge >= 0.3 is 17.9 Å². The molecule has 4 rings (SSSR count). The predicted octanol–water partition coefficient (Wildman–Crippen LogP) is 7.97. The van der Waals surface area contributed by atoms with Gasteiger partial charge in [0.2, 0.25) is 0 Å². The number of aryl methyl sites for hydroxylation is 1.